The molecule has 6 heteroatoms. The van der Waals surface area contributed by atoms with E-state index in [1.54, 1.807) is 13.0 Å². The lowest BCUT2D eigenvalue weighted by Gasteiger charge is -2.23. The number of amides is 1. The normalized spacial score (nSPS) is 18.8. The van der Waals surface area contributed by atoms with Crippen molar-refractivity contribution < 1.29 is 9.90 Å². The lowest BCUT2D eigenvalue weighted by molar-refractivity contribution is -0.112. The highest BCUT2D eigenvalue weighted by Gasteiger charge is 2.31. The molecule has 1 fully saturated rings. The quantitative estimate of drug-likeness (QED) is 0.540. The summed E-state index contributed by atoms with van der Waals surface area (Å²) in [5, 5.41) is 20.8. The van der Waals surface area contributed by atoms with Gasteiger partial charge in [0.2, 0.25) is 0 Å². The van der Waals surface area contributed by atoms with Gasteiger partial charge in [0.15, 0.2) is 5.71 Å². The van der Waals surface area contributed by atoms with Crippen LogP contribution in [0, 0.1) is 13.8 Å². The minimum Gasteiger partial charge on any atom is -0.505 e. The maximum atomic E-state index is 12.9. The van der Waals surface area contributed by atoms with E-state index in [4.69, 9.17) is 0 Å². The SMILES string of the molecule is CC1=NN(c2ccc(C)c(C)c2)C(=O)/C1=N/Nc1cccc(C2CCCCC2)c1O. The second-order valence-electron chi connectivity index (χ2n) is 8.22. The summed E-state index contributed by atoms with van der Waals surface area (Å²) < 4.78 is 0. The second kappa shape index (κ2) is 8.30. The van der Waals surface area contributed by atoms with E-state index in [9.17, 15) is 9.90 Å². The predicted octanol–water partition coefficient (Wildman–Crippen LogP) is 5.25. The number of hydrazone groups is 2. The van der Waals surface area contributed by atoms with Gasteiger partial charge in [0.1, 0.15) is 5.75 Å². The molecule has 0 bridgehead atoms. The van der Waals surface area contributed by atoms with Gasteiger partial charge in [-0.3, -0.25) is 10.2 Å². The minimum absolute atomic E-state index is 0.222. The molecule has 1 heterocycles. The van der Waals surface area contributed by atoms with Gasteiger partial charge in [-0.15, -0.1) is 0 Å². The van der Waals surface area contributed by atoms with Crippen LogP contribution in [-0.2, 0) is 4.79 Å². The van der Waals surface area contributed by atoms with Crippen molar-refractivity contribution >= 4 is 28.7 Å². The van der Waals surface area contributed by atoms with E-state index in [1.165, 1.54) is 24.3 Å². The van der Waals surface area contributed by atoms with Crippen LogP contribution in [0.1, 0.15) is 61.6 Å². The summed E-state index contributed by atoms with van der Waals surface area (Å²) in [5.41, 5.74) is 8.12. The fourth-order valence-corrected chi connectivity index (χ4v) is 4.17. The molecule has 6 nitrogen and oxygen atoms in total. The highest BCUT2D eigenvalue weighted by atomic mass is 16.3. The lowest BCUT2D eigenvalue weighted by Crippen LogP contribution is -2.28. The molecule has 4 rings (SSSR count). The first-order valence-electron chi connectivity index (χ1n) is 10.6. The summed E-state index contributed by atoms with van der Waals surface area (Å²) >= 11 is 0. The molecule has 1 saturated carbocycles. The zero-order chi connectivity index (χ0) is 21.3. The van der Waals surface area contributed by atoms with E-state index in [0.717, 1.165) is 35.2 Å². The third-order valence-corrected chi connectivity index (χ3v) is 6.12. The molecule has 1 amide bonds. The first-order valence-corrected chi connectivity index (χ1v) is 10.6. The lowest BCUT2D eigenvalue weighted by atomic mass is 9.83. The van der Waals surface area contributed by atoms with Crippen LogP contribution < -0.4 is 10.4 Å². The molecule has 2 N–H and O–H groups in total. The van der Waals surface area contributed by atoms with Crippen LogP contribution in [-0.4, -0.2) is 22.4 Å². The summed E-state index contributed by atoms with van der Waals surface area (Å²) in [7, 11) is 0. The molecular weight excluding hydrogens is 376 g/mol. The number of hydrogen-bond acceptors (Lipinski definition) is 5. The van der Waals surface area contributed by atoms with Gasteiger partial charge in [0, 0.05) is 0 Å². The fourth-order valence-electron chi connectivity index (χ4n) is 4.17. The van der Waals surface area contributed by atoms with E-state index < -0.39 is 0 Å². The smallest absolute Gasteiger partial charge is 0.301 e. The number of carbonyl (C=O) groups is 1. The van der Waals surface area contributed by atoms with Gasteiger partial charge in [0.25, 0.3) is 0 Å². The number of hydrogen-bond donors (Lipinski definition) is 2. The van der Waals surface area contributed by atoms with Gasteiger partial charge in [-0.05, 0) is 74.4 Å². The zero-order valence-electron chi connectivity index (χ0n) is 17.8. The van der Waals surface area contributed by atoms with Crippen LogP contribution in [0.25, 0.3) is 0 Å². The Labute approximate surface area is 177 Å². The molecule has 1 aliphatic carbocycles. The number of phenols is 1. The Morgan fingerprint density at radius 2 is 1.83 bits per heavy atom. The van der Waals surface area contributed by atoms with Gasteiger partial charge in [-0.2, -0.15) is 15.2 Å². The number of nitrogens with zero attached hydrogens (tertiary/aromatic N) is 3. The Morgan fingerprint density at radius 1 is 1.07 bits per heavy atom. The van der Waals surface area contributed by atoms with Gasteiger partial charge < -0.3 is 5.11 Å². The largest absolute Gasteiger partial charge is 0.505 e. The predicted molar refractivity (Wildman–Crippen MR) is 122 cm³/mol. The average molecular weight is 405 g/mol. The second-order valence-corrected chi connectivity index (χ2v) is 8.22. The Kier molecular flexibility index (Phi) is 5.57. The topological polar surface area (TPSA) is 77.3 Å². The standard InChI is InChI=1S/C24H28N4O2/c1-15-12-13-19(14-16(15)2)28-24(30)22(17(3)27-28)26-25-21-11-7-10-20(23(21)29)18-8-5-4-6-9-18/h7,10-14,18,25,29H,4-6,8-9H2,1-3H3/b26-22+. The van der Waals surface area contributed by atoms with Crippen molar-refractivity contribution in [1.29, 1.82) is 0 Å². The van der Waals surface area contributed by atoms with E-state index in [-0.39, 0.29) is 17.4 Å². The fraction of sp³-hybridized carbons (Fsp3) is 0.375. The van der Waals surface area contributed by atoms with Crippen LogP contribution in [0.5, 0.6) is 5.75 Å². The average Bonchev–Trinajstić information content (AvgIpc) is 3.03. The van der Waals surface area contributed by atoms with E-state index in [0.29, 0.717) is 17.3 Å². The molecule has 0 aromatic heterocycles. The van der Waals surface area contributed by atoms with Gasteiger partial charge in [-0.25, -0.2) is 0 Å². The van der Waals surface area contributed by atoms with E-state index in [1.807, 2.05) is 44.2 Å². The Morgan fingerprint density at radius 3 is 2.57 bits per heavy atom. The minimum atomic E-state index is -0.286. The summed E-state index contributed by atoms with van der Waals surface area (Å²) in [6, 6.07) is 11.5. The van der Waals surface area contributed by atoms with Gasteiger partial charge in [-0.1, -0.05) is 37.5 Å². The van der Waals surface area contributed by atoms with E-state index in [2.05, 4.69) is 15.6 Å². The summed E-state index contributed by atoms with van der Waals surface area (Å²) in [5.74, 6) is 0.316. The Hall–Kier alpha value is -3.15. The molecule has 0 saturated heterocycles. The Balaban J connectivity index is 1.55. The highest BCUT2D eigenvalue weighted by molar-refractivity contribution is 6.71. The molecule has 1 aliphatic heterocycles. The van der Waals surface area contributed by atoms with Gasteiger partial charge in [0.05, 0.1) is 17.1 Å². The number of nitrogens with one attached hydrogen (secondary N) is 1. The van der Waals surface area contributed by atoms with Crippen molar-refractivity contribution in [2.24, 2.45) is 10.2 Å². The van der Waals surface area contributed by atoms with Crippen molar-refractivity contribution in [2.75, 3.05) is 10.4 Å². The monoisotopic (exact) mass is 404 g/mol. The number of aromatic hydroxyl groups is 1. The molecule has 2 aliphatic rings. The zero-order valence-corrected chi connectivity index (χ0v) is 17.8. The number of aryl methyl sites for hydroxylation is 2. The molecule has 0 radical (unpaired) electrons. The van der Waals surface area contributed by atoms with E-state index >= 15 is 0 Å². The van der Waals surface area contributed by atoms with Crippen LogP contribution >= 0.6 is 0 Å². The van der Waals surface area contributed by atoms with Gasteiger partial charge >= 0.3 is 5.91 Å². The third-order valence-electron chi connectivity index (χ3n) is 6.12. The van der Waals surface area contributed by atoms with Crippen LogP contribution in [0.2, 0.25) is 0 Å². The van der Waals surface area contributed by atoms with Crippen molar-refractivity contribution in [3.8, 4) is 5.75 Å². The Bertz CT molecular complexity index is 1040. The first-order chi connectivity index (χ1) is 14.5. The van der Waals surface area contributed by atoms with Crippen LogP contribution in [0.3, 0.4) is 0 Å². The first kappa shape index (κ1) is 20.1. The van der Waals surface area contributed by atoms with Crippen molar-refractivity contribution in [3.05, 3.63) is 53.1 Å². The number of rotatable bonds is 4. The summed E-state index contributed by atoms with van der Waals surface area (Å²) in [4.78, 5) is 12.9. The molecule has 2 aromatic rings. The highest BCUT2D eigenvalue weighted by Crippen LogP contribution is 2.40. The molecule has 0 unspecified atom stereocenters. The molecule has 2 aromatic carbocycles. The number of para-hydroxylation sites is 1. The molecule has 0 spiro atoms. The van der Waals surface area contributed by atoms with Crippen LogP contribution in [0.4, 0.5) is 11.4 Å². The summed E-state index contributed by atoms with van der Waals surface area (Å²) in [6.07, 6.45) is 5.85. The summed E-state index contributed by atoms with van der Waals surface area (Å²) in [6.45, 7) is 5.80. The van der Waals surface area contributed by atoms with Crippen LogP contribution in [0.15, 0.2) is 46.6 Å². The van der Waals surface area contributed by atoms with Crippen molar-refractivity contribution in [3.63, 3.8) is 0 Å². The van der Waals surface area contributed by atoms with Crippen molar-refractivity contribution in [1.82, 2.24) is 0 Å². The maximum Gasteiger partial charge on any atom is 0.301 e. The van der Waals surface area contributed by atoms with Crippen molar-refractivity contribution in [2.45, 2.75) is 58.8 Å². The molecular formula is C24H28N4O2. The molecule has 30 heavy (non-hydrogen) atoms. The third kappa shape index (κ3) is 3.82. The maximum absolute atomic E-state index is 12.9. The molecule has 156 valence electrons. The molecule has 0 atom stereocenters. The number of carbonyl (C=O) groups excluding carboxylic acids is 1. The number of benzene rings is 2. The number of anilines is 2. The number of phenolic OH excluding ortho intramolecular Hbond substituents is 1.